The molecular weight excluding hydrogens is 405 g/mol. The van der Waals surface area contributed by atoms with E-state index in [1.807, 2.05) is 0 Å². The third-order valence-electron chi connectivity index (χ3n) is 5.44. The van der Waals surface area contributed by atoms with Gasteiger partial charge in [0.15, 0.2) is 5.96 Å². The molecule has 4 unspecified atom stereocenters. The zero-order valence-electron chi connectivity index (χ0n) is 14.6. The molecule has 2 aliphatic heterocycles. The Hall–Kier alpha value is -0.0800. The van der Waals surface area contributed by atoms with Crippen molar-refractivity contribution in [1.82, 2.24) is 10.6 Å². The smallest absolute Gasteiger partial charge is 0.191 e. The summed E-state index contributed by atoms with van der Waals surface area (Å²) in [5.74, 6) is 1.55. The summed E-state index contributed by atoms with van der Waals surface area (Å²) in [7, 11) is 0. The molecule has 5 nitrogen and oxygen atoms in total. The van der Waals surface area contributed by atoms with Crippen LogP contribution in [0.1, 0.15) is 46.5 Å². The summed E-state index contributed by atoms with van der Waals surface area (Å²) in [5.41, 5.74) is 0.172. The summed E-state index contributed by atoms with van der Waals surface area (Å²) in [6, 6.07) is 0.445. The van der Waals surface area contributed by atoms with Crippen LogP contribution in [0.5, 0.6) is 0 Å². The second kappa shape index (κ2) is 8.34. The van der Waals surface area contributed by atoms with Gasteiger partial charge in [0.05, 0.1) is 18.8 Å². The summed E-state index contributed by atoms with van der Waals surface area (Å²) in [6.45, 7) is 10.2. The van der Waals surface area contributed by atoms with E-state index in [1.165, 1.54) is 19.3 Å². The van der Waals surface area contributed by atoms with Crippen LogP contribution in [0.4, 0.5) is 0 Å². The molecule has 2 heterocycles. The monoisotopic (exact) mass is 437 g/mol. The molecule has 2 saturated heterocycles. The number of hydrogen-bond acceptors (Lipinski definition) is 3. The fourth-order valence-corrected chi connectivity index (χ4v) is 4.26. The van der Waals surface area contributed by atoms with Crippen LogP contribution < -0.4 is 10.6 Å². The van der Waals surface area contributed by atoms with Crippen LogP contribution in [-0.4, -0.2) is 50.5 Å². The molecule has 6 heteroatoms. The highest BCUT2D eigenvalue weighted by Gasteiger charge is 2.58. The second-order valence-electron chi connectivity index (χ2n) is 7.40. The van der Waals surface area contributed by atoms with E-state index in [4.69, 9.17) is 14.5 Å². The lowest BCUT2D eigenvalue weighted by molar-refractivity contribution is -0.188. The minimum absolute atomic E-state index is 0. The predicted octanol–water partition coefficient (Wildman–Crippen LogP) is 2.54. The zero-order valence-corrected chi connectivity index (χ0v) is 17.0. The Bertz CT molecular complexity index is 411. The lowest BCUT2D eigenvalue weighted by Crippen LogP contribution is -2.71. The van der Waals surface area contributed by atoms with Crippen LogP contribution in [0.2, 0.25) is 0 Å². The van der Waals surface area contributed by atoms with E-state index in [0.29, 0.717) is 24.2 Å². The highest BCUT2D eigenvalue weighted by atomic mass is 127. The molecule has 0 aromatic carbocycles. The van der Waals surface area contributed by atoms with Crippen LogP contribution in [0.3, 0.4) is 0 Å². The Kier molecular flexibility index (Phi) is 6.98. The first-order chi connectivity index (χ1) is 10.6. The molecule has 0 aromatic heterocycles. The van der Waals surface area contributed by atoms with Gasteiger partial charge in [0.25, 0.3) is 0 Å². The number of nitrogens with zero attached hydrogens (tertiary/aromatic N) is 1. The fraction of sp³-hybridized carbons (Fsp3) is 0.941. The van der Waals surface area contributed by atoms with E-state index in [0.717, 1.165) is 38.7 Å². The second-order valence-corrected chi connectivity index (χ2v) is 7.40. The molecule has 0 aromatic rings. The Morgan fingerprint density at radius 3 is 2.61 bits per heavy atom. The van der Waals surface area contributed by atoms with E-state index >= 15 is 0 Å². The van der Waals surface area contributed by atoms with E-state index in [1.54, 1.807) is 0 Å². The lowest BCUT2D eigenvalue weighted by atomic mass is 9.55. The van der Waals surface area contributed by atoms with E-state index < -0.39 is 0 Å². The Morgan fingerprint density at radius 2 is 1.91 bits per heavy atom. The summed E-state index contributed by atoms with van der Waals surface area (Å²) < 4.78 is 11.7. The van der Waals surface area contributed by atoms with Crippen molar-refractivity contribution >= 4 is 29.9 Å². The number of halogens is 1. The van der Waals surface area contributed by atoms with Gasteiger partial charge >= 0.3 is 0 Å². The van der Waals surface area contributed by atoms with Crippen molar-refractivity contribution in [3.05, 3.63) is 0 Å². The van der Waals surface area contributed by atoms with Gasteiger partial charge in [-0.25, -0.2) is 0 Å². The fourth-order valence-electron chi connectivity index (χ4n) is 4.26. The van der Waals surface area contributed by atoms with Crippen molar-refractivity contribution in [1.29, 1.82) is 0 Å². The molecule has 3 fully saturated rings. The molecule has 134 valence electrons. The quantitative estimate of drug-likeness (QED) is 0.403. The molecule has 23 heavy (non-hydrogen) atoms. The normalized spacial score (nSPS) is 35.7. The molecule has 1 aliphatic carbocycles. The Labute approximate surface area is 157 Å². The average molecular weight is 437 g/mol. The topological polar surface area (TPSA) is 54.9 Å². The molecule has 3 aliphatic rings. The number of hydrogen-bond donors (Lipinski definition) is 2. The van der Waals surface area contributed by atoms with Gasteiger partial charge in [-0.1, -0.05) is 13.8 Å². The largest absolute Gasteiger partial charge is 0.377 e. The van der Waals surface area contributed by atoms with Gasteiger partial charge in [0.1, 0.15) is 0 Å². The predicted molar refractivity (Wildman–Crippen MR) is 104 cm³/mol. The maximum atomic E-state index is 5.98. The third kappa shape index (κ3) is 4.12. The molecule has 4 atom stereocenters. The Balaban J connectivity index is 0.00000192. The highest BCUT2D eigenvalue weighted by Crippen LogP contribution is 2.51. The third-order valence-corrected chi connectivity index (χ3v) is 5.44. The van der Waals surface area contributed by atoms with Crippen LogP contribution in [0, 0.1) is 11.3 Å². The van der Waals surface area contributed by atoms with Crippen LogP contribution in [-0.2, 0) is 9.47 Å². The number of guanidine groups is 1. The number of nitrogens with one attached hydrogen (secondary N) is 2. The van der Waals surface area contributed by atoms with E-state index in [-0.39, 0.29) is 29.4 Å². The number of aliphatic imine (C=N–C) groups is 1. The molecule has 0 bridgehead atoms. The van der Waals surface area contributed by atoms with E-state index in [9.17, 15) is 0 Å². The summed E-state index contributed by atoms with van der Waals surface area (Å²) in [4.78, 5) is 4.75. The number of fused-ring (bicyclic) bond motifs is 1. The number of rotatable bonds is 4. The van der Waals surface area contributed by atoms with Gasteiger partial charge in [-0.05, 0) is 32.6 Å². The first kappa shape index (κ1) is 19.2. The van der Waals surface area contributed by atoms with Crippen molar-refractivity contribution < 1.29 is 9.47 Å². The zero-order chi connectivity index (χ0) is 15.6. The standard InChI is InChI=1S/C17H31N3O2.HI/c1-4-18-16(19-11-12-7-5-9-21-12)20-14-13-8-6-10-22-15(13)17(14,2)3;/h12-15H,4-11H2,1-3H3,(H2,18,19,20);1H. The molecule has 3 rings (SSSR count). The number of ether oxygens (including phenoxy) is 2. The minimum Gasteiger partial charge on any atom is -0.377 e. The Morgan fingerprint density at radius 1 is 1.17 bits per heavy atom. The molecular formula is C17H32IN3O2. The van der Waals surface area contributed by atoms with Gasteiger partial charge in [-0.15, -0.1) is 24.0 Å². The summed E-state index contributed by atoms with van der Waals surface area (Å²) in [5, 5.41) is 7.05. The first-order valence-electron chi connectivity index (χ1n) is 8.91. The minimum atomic E-state index is 0. The van der Waals surface area contributed by atoms with Crippen molar-refractivity contribution in [3.63, 3.8) is 0 Å². The van der Waals surface area contributed by atoms with Gasteiger partial charge in [0.2, 0.25) is 0 Å². The van der Waals surface area contributed by atoms with Crippen LogP contribution in [0.15, 0.2) is 4.99 Å². The molecule has 0 radical (unpaired) electrons. The average Bonchev–Trinajstić information content (AvgIpc) is 3.03. The lowest BCUT2D eigenvalue weighted by Gasteiger charge is -2.60. The van der Waals surface area contributed by atoms with Crippen LogP contribution in [0.25, 0.3) is 0 Å². The molecule has 0 spiro atoms. The van der Waals surface area contributed by atoms with Crippen molar-refractivity contribution in [2.45, 2.75) is 64.7 Å². The van der Waals surface area contributed by atoms with Gasteiger partial charge in [-0.3, -0.25) is 4.99 Å². The van der Waals surface area contributed by atoms with Gasteiger partial charge in [0, 0.05) is 37.1 Å². The molecule has 1 saturated carbocycles. The summed E-state index contributed by atoms with van der Waals surface area (Å²) >= 11 is 0. The maximum absolute atomic E-state index is 5.98. The van der Waals surface area contributed by atoms with E-state index in [2.05, 4.69) is 31.4 Å². The van der Waals surface area contributed by atoms with Gasteiger partial charge in [-0.2, -0.15) is 0 Å². The first-order valence-corrected chi connectivity index (χ1v) is 8.91. The molecule has 2 N–H and O–H groups in total. The highest BCUT2D eigenvalue weighted by molar-refractivity contribution is 14.0. The van der Waals surface area contributed by atoms with Crippen LogP contribution >= 0.6 is 24.0 Å². The molecule has 0 amide bonds. The van der Waals surface area contributed by atoms with Crippen molar-refractivity contribution in [2.75, 3.05) is 26.3 Å². The van der Waals surface area contributed by atoms with Crippen molar-refractivity contribution in [3.8, 4) is 0 Å². The summed E-state index contributed by atoms with van der Waals surface area (Å²) in [6.07, 6.45) is 5.45. The van der Waals surface area contributed by atoms with Crippen molar-refractivity contribution in [2.24, 2.45) is 16.3 Å². The SMILES string of the molecule is CCNC(=NCC1CCCO1)NC1C2CCCOC2C1(C)C.I. The van der Waals surface area contributed by atoms with Gasteiger partial charge < -0.3 is 20.1 Å². The maximum Gasteiger partial charge on any atom is 0.191 e.